The average molecular weight is 515 g/mol. The van der Waals surface area contributed by atoms with E-state index in [1.54, 1.807) is 23.4 Å². The lowest BCUT2D eigenvalue weighted by Crippen LogP contribution is -2.43. The third-order valence-corrected chi connectivity index (χ3v) is 9.16. The molecule has 1 fully saturated rings. The molecule has 0 N–H and O–H groups in total. The molecule has 2 aromatic carbocycles. The SMILES string of the molecule is CCCCCSc1nnc2n(-c3ccccc3OC)c(=O)c3c(n12)-c1ccccc1CC31CCCCC1. The third kappa shape index (κ3) is 3.99. The van der Waals surface area contributed by atoms with E-state index < -0.39 is 0 Å². The first kappa shape index (κ1) is 24.3. The van der Waals surface area contributed by atoms with Crippen LogP contribution in [0.15, 0.2) is 58.5 Å². The van der Waals surface area contributed by atoms with Crippen LogP contribution < -0.4 is 10.3 Å². The summed E-state index contributed by atoms with van der Waals surface area (Å²) in [6, 6.07) is 16.3. The van der Waals surface area contributed by atoms with Crippen molar-refractivity contribution < 1.29 is 4.74 Å². The number of fused-ring (bicyclic) bond motifs is 6. The van der Waals surface area contributed by atoms with Gasteiger partial charge in [-0.2, -0.15) is 0 Å². The van der Waals surface area contributed by atoms with Gasteiger partial charge >= 0.3 is 0 Å². The van der Waals surface area contributed by atoms with Crippen molar-refractivity contribution in [2.45, 2.75) is 75.3 Å². The Morgan fingerprint density at radius 2 is 1.78 bits per heavy atom. The number of para-hydroxylation sites is 2. The van der Waals surface area contributed by atoms with Gasteiger partial charge in [-0.05, 0) is 43.4 Å². The lowest BCUT2D eigenvalue weighted by molar-refractivity contribution is 0.284. The number of ether oxygens (including phenoxy) is 1. The smallest absolute Gasteiger partial charge is 0.264 e. The first-order valence-corrected chi connectivity index (χ1v) is 14.6. The van der Waals surface area contributed by atoms with Crippen LogP contribution in [0.25, 0.3) is 22.7 Å². The fraction of sp³-hybridized carbons (Fsp3) is 0.433. The van der Waals surface area contributed by atoms with Gasteiger partial charge in [0.1, 0.15) is 5.75 Å². The molecule has 0 saturated heterocycles. The number of rotatable bonds is 7. The largest absolute Gasteiger partial charge is 0.495 e. The van der Waals surface area contributed by atoms with E-state index >= 15 is 0 Å². The molecule has 1 spiro atoms. The van der Waals surface area contributed by atoms with Crippen molar-refractivity contribution >= 4 is 17.5 Å². The van der Waals surface area contributed by atoms with E-state index in [1.807, 2.05) is 24.3 Å². The molecule has 6 rings (SSSR count). The van der Waals surface area contributed by atoms with Crippen molar-refractivity contribution in [2.24, 2.45) is 0 Å². The van der Waals surface area contributed by atoms with Gasteiger partial charge in [0.15, 0.2) is 5.16 Å². The number of nitrogens with zero attached hydrogens (tertiary/aromatic N) is 4. The van der Waals surface area contributed by atoms with Gasteiger partial charge in [-0.1, -0.05) is 87.2 Å². The predicted molar refractivity (Wildman–Crippen MR) is 149 cm³/mol. The Balaban J connectivity index is 1.71. The molecule has 0 unspecified atom stereocenters. The molecule has 0 amide bonds. The summed E-state index contributed by atoms with van der Waals surface area (Å²) in [5.41, 5.74) is 4.94. The van der Waals surface area contributed by atoms with Gasteiger partial charge in [-0.15, -0.1) is 10.2 Å². The highest BCUT2D eigenvalue weighted by Gasteiger charge is 2.44. The number of hydrogen-bond acceptors (Lipinski definition) is 5. The zero-order chi connectivity index (χ0) is 25.4. The van der Waals surface area contributed by atoms with Gasteiger partial charge in [-0.25, -0.2) is 4.57 Å². The second-order valence-corrected chi connectivity index (χ2v) is 11.4. The molecule has 7 heteroatoms. The van der Waals surface area contributed by atoms with E-state index in [0.717, 1.165) is 66.3 Å². The Kier molecular flexibility index (Phi) is 6.57. The lowest BCUT2D eigenvalue weighted by Gasteiger charge is -2.42. The number of hydrogen-bond donors (Lipinski definition) is 0. The molecule has 2 aliphatic rings. The summed E-state index contributed by atoms with van der Waals surface area (Å²) in [5, 5.41) is 10.2. The fourth-order valence-corrected chi connectivity index (χ4v) is 7.34. The van der Waals surface area contributed by atoms with Crippen LogP contribution in [0.1, 0.15) is 69.4 Å². The van der Waals surface area contributed by atoms with Crippen LogP contribution >= 0.6 is 11.8 Å². The Labute approximate surface area is 222 Å². The Hall–Kier alpha value is -3.06. The summed E-state index contributed by atoms with van der Waals surface area (Å²) >= 11 is 1.74. The minimum atomic E-state index is -0.175. The number of unbranched alkanes of at least 4 members (excludes halogenated alkanes) is 2. The highest BCUT2D eigenvalue weighted by Crippen LogP contribution is 2.49. The van der Waals surface area contributed by atoms with Gasteiger partial charge in [0.2, 0.25) is 5.78 Å². The van der Waals surface area contributed by atoms with Crippen molar-refractivity contribution in [3.8, 4) is 22.7 Å². The van der Waals surface area contributed by atoms with E-state index in [2.05, 4.69) is 45.8 Å². The molecule has 0 radical (unpaired) electrons. The van der Waals surface area contributed by atoms with E-state index in [1.165, 1.54) is 24.8 Å². The summed E-state index contributed by atoms with van der Waals surface area (Å²) in [5.74, 6) is 2.18. The summed E-state index contributed by atoms with van der Waals surface area (Å²) in [4.78, 5) is 14.7. The maximum atomic E-state index is 14.7. The quantitative estimate of drug-likeness (QED) is 0.205. The Morgan fingerprint density at radius 3 is 2.59 bits per heavy atom. The molecule has 2 aromatic heterocycles. The van der Waals surface area contributed by atoms with Crippen LogP contribution in [-0.2, 0) is 11.8 Å². The summed E-state index contributed by atoms with van der Waals surface area (Å²) < 4.78 is 9.65. The molecule has 192 valence electrons. The minimum Gasteiger partial charge on any atom is -0.495 e. The normalized spacial score (nSPS) is 16.1. The van der Waals surface area contributed by atoms with Gasteiger partial charge in [0.25, 0.3) is 5.56 Å². The molecule has 0 aliphatic heterocycles. The van der Waals surface area contributed by atoms with Crippen LogP contribution in [0.4, 0.5) is 0 Å². The molecule has 1 saturated carbocycles. The summed E-state index contributed by atoms with van der Waals surface area (Å²) in [7, 11) is 1.65. The Morgan fingerprint density at radius 1 is 1.00 bits per heavy atom. The lowest BCUT2D eigenvalue weighted by atomic mass is 9.62. The predicted octanol–water partition coefficient (Wildman–Crippen LogP) is 6.60. The fourth-order valence-electron chi connectivity index (χ4n) is 6.41. The topological polar surface area (TPSA) is 61.4 Å². The minimum absolute atomic E-state index is 0.0123. The second kappa shape index (κ2) is 10.0. The maximum Gasteiger partial charge on any atom is 0.264 e. The molecule has 0 atom stereocenters. The molecule has 2 aliphatic carbocycles. The van der Waals surface area contributed by atoms with Crippen LogP contribution in [0.3, 0.4) is 0 Å². The molecule has 37 heavy (non-hydrogen) atoms. The van der Waals surface area contributed by atoms with Crippen LogP contribution in [0, 0.1) is 0 Å². The molecular weight excluding hydrogens is 480 g/mol. The first-order valence-electron chi connectivity index (χ1n) is 13.6. The zero-order valence-electron chi connectivity index (χ0n) is 21.7. The summed E-state index contributed by atoms with van der Waals surface area (Å²) in [6.07, 6.45) is 9.99. The average Bonchev–Trinajstić information content (AvgIpc) is 3.35. The van der Waals surface area contributed by atoms with Gasteiger partial charge in [0.05, 0.1) is 18.5 Å². The highest BCUT2D eigenvalue weighted by atomic mass is 32.2. The molecular formula is C30H34N4O2S. The van der Waals surface area contributed by atoms with Crippen molar-refractivity contribution in [3.05, 3.63) is 70.0 Å². The van der Waals surface area contributed by atoms with Gasteiger partial charge < -0.3 is 4.74 Å². The van der Waals surface area contributed by atoms with Crippen LogP contribution in [-0.4, -0.2) is 32.0 Å². The maximum absolute atomic E-state index is 14.7. The van der Waals surface area contributed by atoms with Gasteiger partial charge in [-0.3, -0.25) is 9.20 Å². The van der Waals surface area contributed by atoms with E-state index in [-0.39, 0.29) is 11.0 Å². The molecule has 2 heterocycles. The van der Waals surface area contributed by atoms with E-state index in [4.69, 9.17) is 4.74 Å². The van der Waals surface area contributed by atoms with E-state index in [9.17, 15) is 4.79 Å². The number of methoxy groups -OCH3 is 1. The number of benzene rings is 2. The van der Waals surface area contributed by atoms with Crippen LogP contribution in [0.5, 0.6) is 5.75 Å². The summed E-state index contributed by atoms with van der Waals surface area (Å²) in [6.45, 7) is 2.22. The molecule has 0 bridgehead atoms. The molecule has 6 nitrogen and oxygen atoms in total. The third-order valence-electron chi connectivity index (χ3n) is 8.14. The monoisotopic (exact) mass is 514 g/mol. The van der Waals surface area contributed by atoms with Gasteiger partial charge in [0, 0.05) is 22.3 Å². The highest BCUT2D eigenvalue weighted by molar-refractivity contribution is 7.99. The Bertz CT molecular complexity index is 1500. The van der Waals surface area contributed by atoms with E-state index in [0.29, 0.717) is 17.2 Å². The van der Waals surface area contributed by atoms with Crippen LogP contribution in [0.2, 0.25) is 0 Å². The first-order chi connectivity index (χ1) is 18.2. The second-order valence-electron chi connectivity index (χ2n) is 10.4. The molecule has 4 aromatic rings. The van der Waals surface area contributed by atoms with Crippen molar-refractivity contribution in [3.63, 3.8) is 0 Å². The van der Waals surface area contributed by atoms with Crippen molar-refractivity contribution in [1.29, 1.82) is 0 Å². The number of aromatic nitrogens is 4. The number of thioether (sulfide) groups is 1. The zero-order valence-corrected chi connectivity index (χ0v) is 22.5. The van der Waals surface area contributed by atoms with Crippen molar-refractivity contribution in [2.75, 3.05) is 12.9 Å². The standard InChI is InChI=1S/C30H34N4O2S/c1-3-4-12-19-37-29-32-31-28-33(23-15-8-9-16-24(23)36-2)27(35)25-26(34(28)29)22-14-7-6-13-21(22)20-30(25)17-10-5-11-18-30/h6-9,13-16H,3-5,10-12,17-20H2,1-2H3. The van der Waals surface area contributed by atoms with Crippen molar-refractivity contribution in [1.82, 2.24) is 19.2 Å².